The summed E-state index contributed by atoms with van der Waals surface area (Å²) in [5, 5.41) is 3.51. The Kier molecular flexibility index (Phi) is 6.03. The van der Waals surface area contributed by atoms with E-state index in [2.05, 4.69) is 32.2 Å². The zero-order chi connectivity index (χ0) is 12.0. The van der Waals surface area contributed by atoms with Crippen molar-refractivity contribution < 1.29 is 0 Å². The lowest BCUT2D eigenvalue weighted by Gasteiger charge is -2.13. The molecule has 0 aliphatic rings. The summed E-state index contributed by atoms with van der Waals surface area (Å²) in [6.45, 7) is 9.40. The molecule has 0 fully saturated rings. The molecule has 0 aliphatic carbocycles. The molecule has 0 radical (unpaired) electrons. The van der Waals surface area contributed by atoms with Gasteiger partial charge in [0.15, 0.2) is 0 Å². The van der Waals surface area contributed by atoms with Crippen LogP contribution in [0.5, 0.6) is 0 Å². The highest BCUT2D eigenvalue weighted by molar-refractivity contribution is 7.12. The number of thiophene rings is 1. The lowest BCUT2D eigenvalue weighted by atomic mass is 10.0. The van der Waals surface area contributed by atoms with Gasteiger partial charge in [-0.05, 0) is 50.9 Å². The third-order valence-electron chi connectivity index (χ3n) is 2.98. The highest BCUT2D eigenvalue weighted by atomic mass is 32.1. The van der Waals surface area contributed by atoms with Crippen molar-refractivity contribution in [3.05, 3.63) is 21.4 Å². The molecule has 0 amide bonds. The molecule has 92 valence electrons. The molecule has 1 rings (SSSR count). The molecular weight excluding hydrogens is 216 g/mol. The van der Waals surface area contributed by atoms with Gasteiger partial charge in [-0.15, -0.1) is 11.3 Å². The second-order valence-electron chi connectivity index (χ2n) is 4.47. The molecule has 0 bridgehead atoms. The molecule has 1 aromatic heterocycles. The normalized spacial score (nSPS) is 13.0. The number of hydrogen-bond acceptors (Lipinski definition) is 3. The summed E-state index contributed by atoms with van der Waals surface area (Å²) in [7, 11) is 0. The van der Waals surface area contributed by atoms with Crippen LogP contribution >= 0.6 is 11.3 Å². The average Bonchev–Trinajstić information content (AvgIpc) is 2.57. The Morgan fingerprint density at radius 3 is 2.69 bits per heavy atom. The molecule has 1 aromatic rings. The molecule has 0 saturated heterocycles. The molecule has 3 N–H and O–H groups in total. The van der Waals surface area contributed by atoms with E-state index < -0.39 is 0 Å². The summed E-state index contributed by atoms with van der Waals surface area (Å²) in [6, 6.07) is 2.28. The van der Waals surface area contributed by atoms with Crippen molar-refractivity contribution in [3.8, 4) is 0 Å². The summed E-state index contributed by atoms with van der Waals surface area (Å²) in [5.41, 5.74) is 7.14. The summed E-state index contributed by atoms with van der Waals surface area (Å²) in [4.78, 5) is 2.86. The molecule has 0 saturated carbocycles. The van der Waals surface area contributed by atoms with Gasteiger partial charge in [-0.2, -0.15) is 0 Å². The predicted molar refractivity (Wildman–Crippen MR) is 73.0 cm³/mol. The Hall–Kier alpha value is -0.380. The standard InChI is InChI=1S/C13H24N2S/c1-4-5-12(7-14)8-15-9-13-6-10(2)11(3)16-13/h6,12,15H,4-5,7-9,14H2,1-3H3. The van der Waals surface area contributed by atoms with Gasteiger partial charge in [0.25, 0.3) is 0 Å². The molecule has 1 unspecified atom stereocenters. The fraction of sp³-hybridized carbons (Fsp3) is 0.692. The number of rotatable bonds is 7. The maximum atomic E-state index is 5.73. The second-order valence-corrected chi connectivity index (χ2v) is 5.81. The number of aryl methyl sites for hydroxylation is 2. The van der Waals surface area contributed by atoms with Gasteiger partial charge in [0.1, 0.15) is 0 Å². The van der Waals surface area contributed by atoms with Gasteiger partial charge < -0.3 is 11.1 Å². The zero-order valence-corrected chi connectivity index (χ0v) is 11.5. The minimum atomic E-state index is 0.632. The molecular formula is C13H24N2S. The smallest absolute Gasteiger partial charge is 0.0300 e. The van der Waals surface area contributed by atoms with Crippen LogP contribution in [0.1, 0.15) is 35.1 Å². The molecule has 0 aromatic carbocycles. The van der Waals surface area contributed by atoms with Crippen molar-refractivity contribution in [2.75, 3.05) is 13.1 Å². The summed E-state index contributed by atoms with van der Waals surface area (Å²) < 4.78 is 0. The van der Waals surface area contributed by atoms with Crippen LogP contribution < -0.4 is 11.1 Å². The van der Waals surface area contributed by atoms with Crippen LogP contribution in [-0.4, -0.2) is 13.1 Å². The van der Waals surface area contributed by atoms with Crippen molar-refractivity contribution in [3.63, 3.8) is 0 Å². The second kappa shape index (κ2) is 7.05. The van der Waals surface area contributed by atoms with Gasteiger partial charge in [0.05, 0.1) is 0 Å². The Bertz CT molecular complexity index is 287. The van der Waals surface area contributed by atoms with E-state index in [9.17, 15) is 0 Å². The van der Waals surface area contributed by atoms with E-state index in [1.54, 1.807) is 0 Å². The Labute approximate surface area is 103 Å². The van der Waals surface area contributed by atoms with E-state index in [4.69, 9.17) is 5.73 Å². The fourth-order valence-corrected chi connectivity index (χ4v) is 2.87. The molecule has 3 heteroatoms. The van der Waals surface area contributed by atoms with E-state index in [1.165, 1.54) is 28.2 Å². The highest BCUT2D eigenvalue weighted by Gasteiger charge is 2.05. The minimum absolute atomic E-state index is 0.632. The van der Waals surface area contributed by atoms with Crippen molar-refractivity contribution in [1.82, 2.24) is 5.32 Å². The molecule has 16 heavy (non-hydrogen) atoms. The van der Waals surface area contributed by atoms with Gasteiger partial charge in [0, 0.05) is 16.3 Å². The number of nitrogens with two attached hydrogens (primary N) is 1. The van der Waals surface area contributed by atoms with E-state index >= 15 is 0 Å². The third-order valence-corrected chi connectivity index (χ3v) is 4.13. The van der Waals surface area contributed by atoms with Crippen molar-refractivity contribution in [2.45, 2.75) is 40.2 Å². The first-order valence-corrected chi connectivity index (χ1v) is 6.95. The lowest BCUT2D eigenvalue weighted by Crippen LogP contribution is -2.27. The minimum Gasteiger partial charge on any atom is -0.330 e. The molecule has 0 spiro atoms. The van der Waals surface area contributed by atoms with Crippen LogP contribution in [-0.2, 0) is 6.54 Å². The largest absolute Gasteiger partial charge is 0.330 e. The average molecular weight is 240 g/mol. The van der Waals surface area contributed by atoms with Crippen molar-refractivity contribution in [1.29, 1.82) is 0 Å². The van der Waals surface area contributed by atoms with Gasteiger partial charge in [-0.1, -0.05) is 13.3 Å². The zero-order valence-electron chi connectivity index (χ0n) is 10.7. The van der Waals surface area contributed by atoms with Crippen molar-refractivity contribution >= 4 is 11.3 Å². The first kappa shape index (κ1) is 13.7. The quantitative estimate of drug-likeness (QED) is 0.769. The fourth-order valence-electron chi connectivity index (χ4n) is 1.85. The van der Waals surface area contributed by atoms with Crippen LogP contribution in [0.3, 0.4) is 0 Å². The van der Waals surface area contributed by atoms with Gasteiger partial charge in [-0.25, -0.2) is 0 Å². The first-order chi connectivity index (χ1) is 7.67. The summed E-state index contributed by atoms with van der Waals surface area (Å²) in [5.74, 6) is 0.632. The number of hydrogen-bond donors (Lipinski definition) is 2. The SMILES string of the molecule is CCCC(CN)CNCc1cc(C)c(C)s1. The number of nitrogens with one attached hydrogen (secondary N) is 1. The summed E-state index contributed by atoms with van der Waals surface area (Å²) in [6.07, 6.45) is 2.45. The topological polar surface area (TPSA) is 38.0 Å². The Morgan fingerprint density at radius 1 is 1.44 bits per heavy atom. The van der Waals surface area contributed by atoms with Crippen molar-refractivity contribution in [2.24, 2.45) is 11.7 Å². The summed E-state index contributed by atoms with van der Waals surface area (Å²) >= 11 is 1.89. The molecule has 1 atom stereocenters. The van der Waals surface area contributed by atoms with Crippen LogP contribution in [0.15, 0.2) is 6.07 Å². The van der Waals surface area contributed by atoms with Crippen LogP contribution in [0.25, 0.3) is 0 Å². The van der Waals surface area contributed by atoms with E-state index in [-0.39, 0.29) is 0 Å². The van der Waals surface area contributed by atoms with Crippen LogP contribution in [0.2, 0.25) is 0 Å². The van der Waals surface area contributed by atoms with E-state index in [0.717, 1.165) is 19.6 Å². The monoisotopic (exact) mass is 240 g/mol. The molecule has 1 heterocycles. The lowest BCUT2D eigenvalue weighted by molar-refractivity contribution is 0.450. The van der Waals surface area contributed by atoms with Crippen LogP contribution in [0, 0.1) is 19.8 Å². The van der Waals surface area contributed by atoms with Gasteiger partial charge in [0.2, 0.25) is 0 Å². The maximum Gasteiger partial charge on any atom is 0.0300 e. The highest BCUT2D eigenvalue weighted by Crippen LogP contribution is 2.20. The maximum absolute atomic E-state index is 5.73. The Morgan fingerprint density at radius 2 is 2.19 bits per heavy atom. The molecule has 0 aliphatic heterocycles. The van der Waals surface area contributed by atoms with E-state index in [1.807, 2.05) is 11.3 Å². The molecule has 2 nitrogen and oxygen atoms in total. The first-order valence-electron chi connectivity index (χ1n) is 6.14. The van der Waals surface area contributed by atoms with E-state index in [0.29, 0.717) is 5.92 Å². The van der Waals surface area contributed by atoms with Crippen LogP contribution in [0.4, 0.5) is 0 Å². The van der Waals surface area contributed by atoms with Gasteiger partial charge in [-0.3, -0.25) is 0 Å². The van der Waals surface area contributed by atoms with Gasteiger partial charge >= 0.3 is 0 Å². The Balaban J connectivity index is 2.29. The predicted octanol–water partition coefficient (Wildman–Crippen LogP) is 2.83. The third kappa shape index (κ3) is 4.24.